The number of carbonyl (C=O) groups excluding carboxylic acids is 1. The normalized spacial score (nSPS) is 10.3. The van der Waals surface area contributed by atoms with E-state index in [0.717, 1.165) is 12.1 Å². The third-order valence-electron chi connectivity index (χ3n) is 2.49. The smallest absolute Gasteiger partial charge is 0.259 e. The van der Waals surface area contributed by atoms with Crippen LogP contribution in [0, 0.1) is 18.6 Å². The fourth-order valence-electron chi connectivity index (χ4n) is 1.54. The Bertz CT molecular complexity index is 644. The molecular formula is C13H11F2N3O. The monoisotopic (exact) mass is 263 g/mol. The average molecular weight is 263 g/mol. The largest absolute Gasteiger partial charge is 0.398 e. The van der Waals surface area contributed by atoms with Gasteiger partial charge in [0.1, 0.15) is 0 Å². The number of benzene rings is 1. The van der Waals surface area contributed by atoms with E-state index in [1.165, 1.54) is 12.3 Å². The van der Waals surface area contributed by atoms with Crippen LogP contribution in [0.3, 0.4) is 0 Å². The van der Waals surface area contributed by atoms with Gasteiger partial charge in [-0.15, -0.1) is 0 Å². The van der Waals surface area contributed by atoms with E-state index in [-0.39, 0.29) is 16.9 Å². The van der Waals surface area contributed by atoms with Crippen LogP contribution in [0.15, 0.2) is 30.5 Å². The molecule has 0 aliphatic carbocycles. The molecule has 6 heteroatoms. The van der Waals surface area contributed by atoms with Crippen LogP contribution < -0.4 is 11.1 Å². The number of nitrogens with zero attached hydrogens (tertiary/aromatic N) is 1. The van der Waals surface area contributed by atoms with Crippen molar-refractivity contribution in [2.45, 2.75) is 6.92 Å². The van der Waals surface area contributed by atoms with E-state index in [1.54, 1.807) is 13.0 Å². The molecule has 19 heavy (non-hydrogen) atoms. The zero-order valence-corrected chi connectivity index (χ0v) is 10.1. The summed E-state index contributed by atoms with van der Waals surface area (Å²) in [5.41, 5.74) is 6.97. The van der Waals surface area contributed by atoms with Crippen LogP contribution in [0.5, 0.6) is 0 Å². The van der Waals surface area contributed by atoms with Gasteiger partial charge in [-0.3, -0.25) is 9.78 Å². The van der Waals surface area contributed by atoms with Crippen LogP contribution in [0.4, 0.5) is 20.2 Å². The number of nitrogen functional groups attached to an aromatic ring is 1. The molecule has 1 heterocycles. The van der Waals surface area contributed by atoms with E-state index < -0.39 is 17.5 Å². The highest BCUT2D eigenvalue weighted by Gasteiger charge is 2.12. The molecule has 0 atom stereocenters. The number of amides is 1. The van der Waals surface area contributed by atoms with Crippen molar-refractivity contribution in [3.8, 4) is 0 Å². The first-order chi connectivity index (χ1) is 8.97. The molecule has 0 saturated carbocycles. The second-order valence-electron chi connectivity index (χ2n) is 4.00. The molecule has 0 fully saturated rings. The van der Waals surface area contributed by atoms with Gasteiger partial charge in [-0.25, -0.2) is 8.78 Å². The lowest BCUT2D eigenvalue weighted by molar-refractivity contribution is 0.102. The van der Waals surface area contributed by atoms with Gasteiger partial charge in [0, 0.05) is 29.3 Å². The summed E-state index contributed by atoms with van der Waals surface area (Å²) in [6.45, 7) is 1.74. The number of pyridine rings is 1. The SMILES string of the molecule is Cc1cc(N)c(C(=O)Nc2ccc(F)c(F)c2)cn1. The standard InChI is InChI=1S/C13H11F2N3O/c1-7-4-12(16)9(6-17-7)13(19)18-8-2-3-10(14)11(15)5-8/h2-6H,1H3,(H2,16,17)(H,18,19). The number of hydrogen-bond donors (Lipinski definition) is 2. The molecule has 0 saturated heterocycles. The van der Waals surface area contributed by atoms with Crippen LogP contribution in [0.2, 0.25) is 0 Å². The number of halogens is 2. The summed E-state index contributed by atoms with van der Waals surface area (Å²) in [5.74, 6) is -2.54. The highest BCUT2D eigenvalue weighted by Crippen LogP contribution is 2.16. The molecule has 98 valence electrons. The molecule has 2 rings (SSSR count). The lowest BCUT2D eigenvalue weighted by atomic mass is 10.2. The Kier molecular flexibility index (Phi) is 3.41. The van der Waals surface area contributed by atoms with Crippen molar-refractivity contribution in [1.82, 2.24) is 4.98 Å². The van der Waals surface area contributed by atoms with Gasteiger partial charge >= 0.3 is 0 Å². The van der Waals surface area contributed by atoms with Gasteiger partial charge < -0.3 is 11.1 Å². The first kappa shape index (κ1) is 12.9. The maximum absolute atomic E-state index is 13.0. The average Bonchev–Trinajstić information content (AvgIpc) is 2.33. The molecule has 0 aliphatic rings. The Morgan fingerprint density at radius 1 is 1.26 bits per heavy atom. The number of aromatic nitrogens is 1. The van der Waals surface area contributed by atoms with Crippen LogP contribution in [-0.2, 0) is 0 Å². The minimum absolute atomic E-state index is 0.142. The van der Waals surface area contributed by atoms with Gasteiger partial charge in [0.25, 0.3) is 5.91 Å². The Labute approximate surface area is 108 Å². The van der Waals surface area contributed by atoms with Crippen molar-refractivity contribution >= 4 is 17.3 Å². The van der Waals surface area contributed by atoms with Crippen molar-refractivity contribution in [2.75, 3.05) is 11.1 Å². The Morgan fingerprint density at radius 3 is 2.63 bits per heavy atom. The number of nitrogens with one attached hydrogen (secondary N) is 1. The quantitative estimate of drug-likeness (QED) is 0.874. The fraction of sp³-hybridized carbons (Fsp3) is 0.0769. The highest BCUT2D eigenvalue weighted by atomic mass is 19.2. The third kappa shape index (κ3) is 2.85. The molecule has 0 aliphatic heterocycles. The van der Waals surface area contributed by atoms with Crippen LogP contribution in [-0.4, -0.2) is 10.9 Å². The summed E-state index contributed by atoms with van der Waals surface area (Å²) < 4.78 is 25.8. The lowest BCUT2D eigenvalue weighted by Crippen LogP contribution is -2.15. The summed E-state index contributed by atoms with van der Waals surface area (Å²) in [4.78, 5) is 15.9. The van der Waals surface area contributed by atoms with Crippen molar-refractivity contribution in [1.29, 1.82) is 0 Å². The summed E-state index contributed by atoms with van der Waals surface area (Å²) in [5, 5.41) is 2.42. The van der Waals surface area contributed by atoms with Crippen LogP contribution in [0.1, 0.15) is 16.1 Å². The Hall–Kier alpha value is -2.50. The van der Waals surface area contributed by atoms with Crippen molar-refractivity contribution in [3.05, 3.63) is 53.4 Å². The molecule has 2 aromatic rings. The number of anilines is 2. The molecule has 1 aromatic heterocycles. The summed E-state index contributed by atoms with van der Waals surface area (Å²) in [6, 6.07) is 4.64. The summed E-state index contributed by atoms with van der Waals surface area (Å²) >= 11 is 0. The van der Waals surface area contributed by atoms with Crippen LogP contribution >= 0.6 is 0 Å². The number of rotatable bonds is 2. The van der Waals surface area contributed by atoms with Crippen molar-refractivity contribution in [2.24, 2.45) is 0 Å². The van der Waals surface area contributed by atoms with Gasteiger partial charge in [0.15, 0.2) is 11.6 Å². The predicted octanol–water partition coefficient (Wildman–Crippen LogP) is 2.50. The van der Waals surface area contributed by atoms with Gasteiger partial charge in [-0.2, -0.15) is 0 Å². The van der Waals surface area contributed by atoms with Gasteiger partial charge in [0.2, 0.25) is 0 Å². The van der Waals surface area contributed by atoms with Gasteiger partial charge in [-0.05, 0) is 25.1 Å². The van der Waals surface area contributed by atoms with E-state index in [4.69, 9.17) is 5.73 Å². The molecule has 0 unspecified atom stereocenters. The second-order valence-corrected chi connectivity index (χ2v) is 4.00. The third-order valence-corrected chi connectivity index (χ3v) is 2.49. The maximum Gasteiger partial charge on any atom is 0.259 e. The topological polar surface area (TPSA) is 68.0 Å². The van der Waals surface area contributed by atoms with E-state index >= 15 is 0 Å². The number of carbonyl (C=O) groups is 1. The number of hydrogen-bond acceptors (Lipinski definition) is 3. The van der Waals surface area contributed by atoms with E-state index in [2.05, 4.69) is 10.3 Å². The molecule has 1 aromatic carbocycles. The molecule has 0 bridgehead atoms. The fourth-order valence-corrected chi connectivity index (χ4v) is 1.54. The zero-order chi connectivity index (χ0) is 14.0. The minimum Gasteiger partial charge on any atom is -0.398 e. The lowest BCUT2D eigenvalue weighted by Gasteiger charge is -2.08. The van der Waals surface area contributed by atoms with E-state index in [0.29, 0.717) is 5.69 Å². The van der Waals surface area contributed by atoms with Gasteiger partial charge in [0.05, 0.1) is 5.56 Å². The van der Waals surface area contributed by atoms with E-state index in [1.807, 2.05) is 0 Å². The first-order valence-electron chi connectivity index (χ1n) is 5.46. The molecule has 0 radical (unpaired) electrons. The number of nitrogens with two attached hydrogens (primary N) is 1. The molecule has 1 amide bonds. The maximum atomic E-state index is 13.0. The van der Waals surface area contributed by atoms with Gasteiger partial charge in [-0.1, -0.05) is 0 Å². The zero-order valence-electron chi connectivity index (χ0n) is 10.1. The van der Waals surface area contributed by atoms with Crippen molar-refractivity contribution in [3.63, 3.8) is 0 Å². The Balaban J connectivity index is 2.23. The summed E-state index contributed by atoms with van der Waals surface area (Å²) in [7, 11) is 0. The molecule has 3 N–H and O–H groups in total. The minimum atomic E-state index is -1.03. The van der Waals surface area contributed by atoms with Crippen LogP contribution in [0.25, 0.3) is 0 Å². The molecule has 0 spiro atoms. The highest BCUT2D eigenvalue weighted by molar-refractivity contribution is 6.07. The van der Waals surface area contributed by atoms with E-state index in [9.17, 15) is 13.6 Å². The molecular weight excluding hydrogens is 252 g/mol. The molecule has 4 nitrogen and oxygen atoms in total. The number of aryl methyl sites for hydroxylation is 1. The summed E-state index contributed by atoms with van der Waals surface area (Å²) in [6.07, 6.45) is 1.33. The first-order valence-corrected chi connectivity index (χ1v) is 5.46. The predicted molar refractivity (Wildman–Crippen MR) is 67.7 cm³/mol. The Morgan fingerprint density at radius 2 is 2.00 bits per heavy atom. The second kappa shape index (κ2) is 5.01. The van der Waals surface area contributed by atoms with Crippen molar-refractivity contribution < 1.29 is 13.6 Å².